The Labute approximate surface area is 114 Å². The standard InChI is InChI=1S/C16H20N2O/c1-9-16(19)12-6-10-7-17-14-5-3-4-11(15(10)14)13(12)8-18(9)2/h9-10H,3-8H2,1-2H3. The highest BCUT2D eigenvalue weighted by molar-refractivity contribution is 6.08. The Morgan fingerprint density at radius 1 is 1.21 bits per heavy atom. The van der Waals surface area contributed by atoms with Crippen molar-refractivity contribution in [1.82, 2.24) is 4.90 Å². The molecule has 2 aliphatic heterocycles. The Morgan fingerprint density at radius 2 is 2.05 bits per heavy atom. The van der Waals surface area contributed by atoms with Gasteiger partial charge in [-0.15, -0.1) is 0 Å². The van der Waals surface area contributed by atoms with Gasteiger partial charge in [-0.25, -0.2) is 0 Å². The molecule has 0 fully saturated rings. The zero-order chi connectivity index (χ0) is 13.1. The first-order chi connectivity index (χ1) is 9.16. The lowest BCUT2D eigenvalue weighted by molar-refractivity contribution is -0.120. The molecule has 0 bridgehead atoms. The highest BCUT2D eigenvalue weighted by atomic mass is 16.1. The molecule has 3 nitrogen and oxygen atoms in total. The van der Waals surface area contributed by atoms with E-state index in [2.05, 4.69) is 11.9 Å². The topological polar surface area (TPSA) is 32.7 Å². The highest BCUT2D eigenvalue weighted by Crippen LogP contribution is 2.45. The molecule has 0 aromatic rings. The molecule has 4 aliphatic rings. The van der Waals surface area contributed by atoms with E-state index < -0.39 is 0 Å². The molecule has 0 aromatic carbocycles. The van der Waals surface area contributed by atoms with Gasteiger partial charge in [-0.1, -0.05) is 0 Å². The number of nitrogens with zero attached hydrogens (tertiary/aromatic N) is 2. The largest absolute Gasteiger partial charge is 0.293 e. The van der Waals surface area contributed by atoms with Crippen molar-refractivity contribution in [3.63, 3.8) is 0 Å². The quantitative estimate of drug-likeness (QED) is 0.665. The Bertz CT molecular complexity index is 567. The third-order valence-corrected chi connectivity index (χ3v) is 5.31. The van der Waals surface area contributed by atoms with Crippen LogP contribution in [0.2, 0.25) is 0 Å². The predicted octanol–water partition coefficient (Wildman–Crippen LogP) is 2.14. The predicted molar refractivity (Wildman–Crippen MR) is 75.4 cm³/mol. The van der Waals surface area contributed by atoms with Gasteiger partial charge in [-0.3, -0.25) is 14.7 Å². The van der Waals surface area contributed by atoms with Crippen molar-refractivity contribution in [3.05, 3.63) is 22.3 Å². The lowest BCUT2D eigenvalue weighted by atomic mass is 9.71. The summed E-state index contributed by atoms with van der Waals surface area (Å²) >= 11 is 0. The van der Waals surface area contributed by atoms with Crippen LogP contribution in [0.1, 0.15) is 32.6 Å². The molecule has 4 rings (SSSR count). The molecule has 0 spiro atoms. The summed E-state index contributed by atoms with van der Waals surface area (Å²) in [7, 11) is 2.07. The second-order valence-electron chi connectivity index (χ2n) is 6.35. The summed E-state index contributed by atoms with van der Waals surface area (Å²) in [5, 5.41) is 0. The molecule has 2 heterocycles. The van der Waals surface area contributed by atoms with Crippen LogP contribution in [0.4, 0.5) is 0 Å². The van der Waals surface area contributed by atoms with Gasteiger partial charge in [0.05, 0.1) is 6.04 Å². The van der Waals surface area contributed by atoms with Crippen molar-refractivity contribution in [2.24, 2.45) is 10.9 Å². The Balaban J connectivity index is 1.87. The normalized spacial score (nSPS) is 34.4. The number of aliphatic imine (C=N–C) groups is 1. The second-order valence-corrected chi connectivity index (χ2v) is 6.35. The fourth-order valence-corrected chi connectivity index (χ4v) is 4.14. The van der Waals surface area contributed by atoms with E-state index in [1.807, 2.05) is 6.92 Å². The molecule has 0 radical (unpaired) electrons. The fourth-order valence-electron chi connectivity index (χ4n) is 4.14. The maximum Gasteiger partial charge on any atom is 0.176 e. The van der Waals surface area contributed by atoms with E-state index in [0.717, 1.165) is 37.9 Å². The van der Waals surface area contributed by atoms with Crippen molar-refractivity contribution in [3.8, 4) is 0 Å². The first-order valence-electron chi connectivity index (χ1n) is 7.40. The van der Waals surface area contributed by atoms with Crippen molar-refractivity contribution in [2.75, 3.05) is 20.1 Å². The van der Waals surface area contributed by atoms with Gasteiger partial charge in [0.25, 0.3) is 0 Å². The van der Waals surface area contributed by atoms with E-state index in [-0.39, 0.29) is 6.04 Å². The average Bonchev–Trinajstić information content (AvgIpc) is 2.83. The zero-order valence-corrected chi connectivity index (χ0v) is 11.7. The van der Waals surface area contributed by atoms with Crippen LogP contribution < -0.4 is 0 Å². The minimum Gasteiger partial charge on any atom is -0.293 e. The van der Waals surface area contributed by atoms with Crippen LogP contribution in [0.25, 0.3) is 0 Å². The lowest BCUT2D eigenvalue weighted by Crippen LogP contribution is -2.45. The van der Waals surface area contributed by atoms with Crippen LogP contribution in [0, 0.1) is 5.92 Å². The van der Waals surface area contributed by atoms with Crippen molar-refractivity contribution >= 4 is 11.5 Å². The van der Waals surface area contributed by atoms with Crippen LogP contribution in [0.15, 0.2) is 27.3 Å². The highest BCUT2D eigenvalue weighted by Gasteiger charge is 2.41. The van der Waals surface area contributed by atoms with Gasteiger partial charge in [-0.05, 0) is 56.4 Å². The van der Waals surface area contributed by atoms with E-state index in [9.17, 15) is 4.79 Å². The third kappa shape index (κ3) is 1.48. The summed E-state index contributed by atoms with van der Waals surface area (Å²) in [6.45, 7) is 3.90. The number of carbonyl (C=O) groups is 1. The van der Waals surface area contributed by atoms with Gasteiger partial charge in [0.15, 0.2) is 5.78 Å². The van der Waals surface area contributed by atoms with Gasteiger partial charge in [0.1, 0.15) is 0 Å². The SMILES string of the molecule is CC1C(=O)C2=C(CN1C)C1=C3C(=NCC3C2)CCC1. The average molecular weight is 256 g/mol. The zero-order valence-electron chi connectivity index (χ0n) is 11.7. The van der Waals surface area contributed by atoms with Crippen LogP contribution in [-0.4, -0.2) is 42.6 Å². The Kier molecular flexibility index (Phi) is 2.37. The smallest absolute Gasteiger partial charge is 0.176 e. The summed E-state index contributed by atoms with van der Waals surface area (Å²) < 4.78 is 0. The number of fused-ring (bicyclic) bond motifs is 1. The molecule has 0 amide bonds. The number of rotatable bonds is 0. The molecule has 0 saturated heterocycles. The maximum absolute atomic E-state index is 12.6. The minimum atomic E-state index is 0.0475. The lowest BCUT2D eigenvalue weighted by Gasteiger charge is -2.39. The van der Waals surface area contributed by atoms with Crippen LogP contribution in [0.3, 0.4) is 0 Å². The van der Waals surface area contributed by atoms with Gasteiger partial charge >= 0.3 is 0 Å². The number of ketones is 1. The van der Waals surface area contributed by atoms with Gasteiger partial charge in [0.2, 0.25) is 0 Å². The number of hydrogen-bond donors (Lipinski definition) is 0. The third-order valence-electron chi connectivity index (χ3n) is 5.31. The first kappa shape index (κ1) is 11.6. The first-order valence-corrected chi connectivity index (χ1v) is 7.40. The summed E-state index contributed by atoms with van der Waals surface area (Å²) in [6, 6.07) is 0.0475. The summed E-state index contributed by atoms with van der Waals surface area (Å²) in [5.74, 6) is 0.873. The van der Waals surface area contributed by atoms with Gasteiger partial charge in [0, 0.05) is 30.3 Å². The number of Topliss-reactive ketones (excluding diaryl/α,β-unsaturated/α-hetero) is 1. The molecule has 2 aliphatic carbocycles. The second kappa shape index (κ2) is 3.89. The minimum absolute atomic E-state index is 0.0475. The van der Waals surface area contributed by atoms with Gasteiger partial charge < -0.3 is 0 Å². The Morgan fingerprint density at radius 3 is 2.89 bits per heavy atom. The van der Waals surface area contributed by atoms with Crippen LogP contribution in [0.5, 0.6) is 0 Å². The number of hydrogen-bond acceptors (Lipinski definition) is 3. The summed E-state index contributed by atoms with van der Waals surface area (Å²) in [5.41, 5.74) is 6.85. The summed E-state index contributed by atoms with van der Waals surface area (Å²) in [4.78, 5) is 19.5. The molecule has 100 valence electrons. The van der Waals surface area contributed by atoms with Crippen LogP contribution >= 0.6 is 0 Å². The van der Waals surface area contributed by atoms with Crippen molar-refractivity contribution < 1.29 is 4.79 Å². The Hall–Kier alpha value is -1.22. The van der Waals surface area contributed by atoms with E-state index in [1.54, 1.807) is 0 Å². The molecular weight excluding hydrogens is 236 g/mol. The van der Waals surface area contributed by atoms with Crippen molar-refractivity contribution in [1.29, 1.82) is 0 Å². The fraction of sp³-hybridized carbons (Fsp3) is 0.625. The van der Waals surface area contributed by atoms with Crippen molar-refractivity contribution in [2.45, 2.75) is 38.6 Å². The maximum atomic E-state index is 12.6. The van der Waals surface area contributed by atoms with E-state index in [4.69, 9.17) is 4.99 Å². The molecule has 0 aromatic heterocycles. The van der Waals surface area contributed by atoms with Gasteiger partial charge in [-0.2, -0.15) is 0 Å². The molecule has 3 heteroatoms. The number of carbonyl (C=O) groups excluding carboxylic acids is 1. The van der Waals surface area contributed by atoms with Crippen LogP contribution in [-0.2, 0) is 4.79 Å². The monoisotopic (exact) mass is 256 g/mol. The molecule has 0 N–H and O–H groups in total. The molecule has 2 unspecified atom stereocenters. The summed E-state index contributed by atoms with van der Waals surface area (Å²) in [6.07, 6.45) is 4.45. The molecule has 2 atom stereocenters. The van der Waals surface area contributed by atoms with E-state index >= 15 is 0 Å². The molecular formula is C16H20N2O. The van der Waals surface area contributed by atoms with E-state index in [0.29, 0.717) is 11.7 Å². The molecule has 19 heavy (non-hydrogen) atoms. The number of likely N-dealkylation sites (N-methyl/N-ethyl adjacent to an activating group) is 1. The molecule has 0 saturated carbocycles. The van der Waals surface area contributed by atoms with E-state index in [1.165, 1.54) is 28.9 Å².